The highest BCUT2D eigenvalue weighted by Gasteiger charge is 2.17. The van der Waals surface area contributed by atoms with E-state index >= 15 is 0 Å². The van der Waals surface area contributed by atoms with E-state index in [9.17, 15) is 4.79 Å². The van der Waals surface area contributed by atoms with E-state index in [1.54, 1.807) is 0 Å². The summed E-state index contributed by atoms with van der Waals surface area (Å²) in [5.41, 5.74) is 5.45. The number of carbonyl (C=O) groups excluding carboxylic acids is 1. The summed E-state index contributed by atoms with van der Waals surface area (Å²) >= 11 is 0. The molecule has 106 valence electrons. The zero-order valence-electron chi connectivity index (χ0n) is 11.7. The molecular weight excluding hydrogens is 230 g/mol. The van der Waals surface area contributed by atoms with E-state index in [1.165, 1.54) is 0 Å². The molecule has 0 aromatic carbocycles. The van der Waals surface area contributed by atoms with Gasteiger partial charge in [0.1, 0.15) is 0 Å². The van der Waals surface area contributed by atoms with E-state index in [4.69, 9.17) is 10.5 Å². The Kier molecular flexibility index (Phi) is 7.23. The number of amides is 1. The van der Waals surface area contributed by atoms with Crippen LogP contribution in [-0.2, 0) is 9.53 Å². The largest absolute Gasteiger partial charge is 0.379 e. The van der Waals surface area contributed by atoms with Gasteiger partial charge < -0.3 is 15.8 Å². The topological polar surface area (TPSA) is 67.6 Å². The lowest BCUT2D eigenvalue weighted by molar-refractivity contribution is -0.125. The summed E-state index contributed by atoms with van der Waals surface area (Å²) < 4.78 is 5.30. The molecule has 2 atom stereocenters. The van der Waals surface area contributed by atoms with Gasteiger partial charge in [-0.1, -0.05) is 6.92 Å². The molecule has 3 N–H and O–H groups in total. The molecule has 2 unspecified atom stereocenters. The van der Waals surface area contributed by atoms with Gasteiger partial charge in [-0.2, -0.15) is 0 Å². The number of nitrogens with zero attached hydrogens (tertiary/aromatic N) is 1. The summed E-state index contributed by atoms with van der Waals surface area (Å²) in [7, 11) is 0. The fourth-order valence-electron chi connectivity index (χ4n) is 2.16. The minimum Gasteiger partial charge on any atom is -0.379 e. The molecule has 5 heteroatoms. The Morgan fingerprint density at radius 2 is 2.06 bits per heavy atom. The van der Waals surface area contributed by atoms with E-state index in [1.807, 2.05) is 6.92 Å². The van der Waals surface area contributed by atoms with Crippen LogP contribution < -0.4 is 11.1 Å². The highest BCUT2D eigenvalue weighted by Crippen LogP contribution is 2.05. The summed E-state index contributed by atoms with van der Waals surface area (Å²) in [6.45, 7) is 9.10. The monoisotopic (exact) mass is 257 g/mol. The first-order valence-corrected chi connectivity index (χ1v) is 6.94. The first-order valence-electron chi connectivity index (χ1n) is 6.94. The molecule has 1 heterocycles. The zero-order valence-corrected chi connectivity index (χ0v) is 11.7. The second-order valence-electron chi connectivity index (χ2n) is 5.15. The Morgan fingerprint density at radius 1 is 1.39 bits per heavy atom. The van der Waals surface area contributed by atoms with Crippen molar-refractivity contribution in [2.45, 2.75) is 32.7 Å². The van der Waals surface area contributed by atoms with E-state index in [0.717, 1.165) is 45.7 Å². The third-order valence-electron chi connectivity index (χ3n) is 3.31. The standard InChI is InChI=1S/C13H27N3O2/c1-11(4-3-5-14)13(17)15-12(2)10-16-6-8-18-9-7-16/h11-12H,3-10,14H2,1-2H3,(H,15,17). The smallest absolute Gasteiger partial charge is 0.223 e. The van der Waals surface area contributed by atoms with Crippen LogP contribution in [0.3, 0.4) is 0 Å². The summed E-state index contributed by atoms with van der Waals surface area (Å²) in [5, 5.41) is 3.07. The quantitative estimate of drug-likeness (QED) is 0.683. The van der Waals surface area contributed by atoms with Crippen LogP contribution in [0.15, 0.2) is 0 Å². The van der Waals surface area contributed by atoms with Gasteiger partial charge in [-0.25, -0.2) is 0 Å². The first kappa shape index (κ1) is 15.4. The molecule has 0 bridgehead atoms. The number of nitrogens with two attached hydrogens (primary N) is 1. The lowest BCUT2D eigenvalue weighted by atomic mass is 10.0. The average Bonchev–Trinajstić information content (AvgIpc) is 2.36. The maximum absolute atomic E-state index is 11.9. The third kappa shape index (κ3) is 5.80. The highest BCUT2D eigenvalue weighted by molar-refractivity contribution is 5.78. The summed E-state index contributed by atoms with van der Waals surface area (Å²) in [5.74, 6) is 0.199. The summed E-state index contributed by atoms with van der Waals surface area (Å²) in [6.07, 6.45) is 1.78. The van der Waals surface area contributed by atoms with E-state index < -0.39 is 0 Å². The van der Waals surface area contributed by atoms with E-state index in [-0.39, 0.29) is 17.9 Å². The molecule has 1 rings (SSSR count). The van der Waals surface area contributed by atoms with Gasteiger partial charge in [-0.3, -0.25) is 9.69 Å². The molecule has 0 aromatic rings. The van der Waals surface area contributed by atoms with Gasteiger partial charge >= 0.3 is 0 Å². The number of rotatable bonds is 7. The third-order valence-corrected chi connectivity index (χ3v) is 3.31. The lowest BCUT2D eigenvalue weighted by Crippen LogP contribution is -2.47. The van der Waals surface area contributed by atoms with Gasteiger partial charge in [0.2, 0.25) is 5.91 Å². The molecule has 1 aliphatic heterocycles. The van der Waals surface area contributed by atoms with Gasteiger partial charge in [-0.15, -0.1) is 0 Å². The minimum absolute atomic E-state index is 0.0562. The van der Waals surface area contributed by atoms with Crippen LogP contribution in [0.1, 0.15) is 26.7 Å². The Labute approximate surface area is 110 Å². The molecule has 0 saturated carbocycles. The molecule has 1 fully saturated rings. The molecule has 0 aliphatic carbocycles. The number of hydrogen-bond donors (Lipinski definition) is 2. The van der Waals surface area contributed by atoms with Crippen LogP contribution in [0, 0.1) is 5.92 Å². The average molecular weight is 257 g/mol. The van der Waals surface area contributed by atoms with Crippen LogP contribution in [0.5, 0.6) is 0 Å². The number of morpholine rings is 1. The van der Waals surface area contributed by atoms with Gasteiger partial charge in [-0.05, 0) is 26.3 Å². The molecule has 5 nitrogen and oxygen atoms in total. The minimum atomic E-state index is 0.0562. The van der Waals surface area contributed by atoms with Crippen molar-refractivity contribution in [2.24, 2.45) is 11.7 Å². The fourth-order valence-corrected chi connectivity index (χ4v) is 2.16. The van der Waals surface area contributed by atoms with Crippen molar-refractivity contribution < 1.29 is 9.53 Å². The molecule has 1 aliphatic rings. The molecule has 0 radical (unpaired) electrons. The highest BCUT2D eigenvalue weighted by atomic mass is 16.5. The number of ether oxygens (including phenoxy) is 1. The van der Waals surface area contributed by atoms with Crippen LogP contribution in [0.4, 0.5) is 0 Å². The number of nitrogens with one attached hydrogen (secondary N) is 1. The van der Waals surface area contributed by atoms with Crippen LogP contribution in [0.2, 0.25) is 0 Å². The fraction of sp³-hybridized carbons (Fsp3) is 0.923. The van der Waals surface area contributed by atoms with Crippen molar-refractivity contribution in [2.75, 3.05) is 39.4 Å². The van der Waals surface area contributed by atoms with Crippen LogP contribution in [0.25, 0.3) is 0 Å². The number of carbonyl (C=O) groups is 1. The Bertz CT molecular complexity index is 242. The molecule has 1 saturated heterocycles. The predicted octanol–water partition coefficient (Wildman–Crippen LogP) is 0.198. The second kappa shape index (κ2) is 8.45. The van der Waals surface area contributed by atoms with E-state index in [0.29, 0.717) is 6.54 Å². The van der Waals surface area contributed by atoms with Crippen molar-refractivity contribution in [3.05, 3.63) is 0 Å². The van der Waals surface area contributed by atoms with Crippen LogP contribution >= 0.6 is 0 Å². The molecule has 1 amide bonds. The summed E-state index contributed by atoms with van der Waals surface area (Å²) in [4.78, 5) is 14.2. The molecular formula is C13H27N3O2. The first-order chi connectivity index (χ1) is 8.63. The van der Waals surface area contributed by atoms with Crippen molar-refractivity contribution in [1.29, 1.82) is 0 Å². The van der Waals surface area contributed by atoms with E-state index in [2.05, 4.69) is 17.1 Å². The predicted molar refractivity (Wildman–Crippen MR) is 72.3 cm³/mol. The Balaban J connectivity index is 2.21. The van der Waals surface area contributed by atoms with Gasteiger partial charge in [0.15, 0.2) is 0 Å². The van der Waals surface area contributed by atoms with Crippen molar-refractivity contribution in [3.63, 3.8) is 0 Å². The van der Waals surface area contributed by atoms with Crippen LogP contribution in [-0.4, -0.2) is 56.2 Å². The lowest BCUT2D eigenvalue weighted by Gasteiger charge is -2.29. The van der Waals surface area contributed by atoms with Crippen molar-refractivity contribution >= 4 is 5.91 Å². The zero-order chi connectivity index (χ0) is 13.4. The molecule has 0 spiro atoms. The second-order valence-corrected chi connectivity index (χ2v) is 5.15. The normalized spacial score (nSPS) is 20.4. The van der Waals surface area contributed by atoms with Crippen molar-refractivity contribution in [3.8, 4) is 0 Å². The molecule has 0 aromatic heterocycles. The van der Waals surface area contributed by atoms with Gasteiger partial charge in [0.25, 0.3) is 0 Å². The number of hydrogen-bond acceptors (Lipinski definition) is 4. The Hall–Kier alpha value is -0.650. The molecule has 18 heavy (non-hydrogen) atoms. The van der Waals surface area contributed by atoms with Gasteiger partial charge in [0, 0.05) is 31.6 Å². The maximum atomic E-state index is 11.9. The Morgan fingerprint density at radius 3 is 2.67 bits per heavy atom. The van der Waals surface area contributed by atoms with Gasteiger partial charge in [0.05, 0.1) is 13.2 Å². The SMILES string of the molecule is CC(CN1CCOCC1)NC(=O)C(C)CCCN. The maximum Gasteiger partial charge on any atom is 0.223 e. The summed E-state index contributed by atoms with van der Waals surface area (Å²) in [6, 6.07) is 0.191. The van der Waals surface area contributed by atoms with Crippen molar-refractivity contribution in [1.82, 2.24) is 10.2 Å².